The molecule has 0 saturated carbocycles. The molecule has 0 aromatic heterocycles. The average Bonchev–Trinajstić information content (AvgIpc) is 2.29. The van der Waals surface area contributed by atoms with Crippen LogP contribution in [0, 0.1) is 0 Å². The zero-order valence-corrected chi connectivity index (χ0v) is 10.6. The Morgan fingerprint density at radius 3 is 2.31 bits per heavy atom. The molecule has 2 N–H and O–H groups in total. The van der Waals surface area contributed by atoms with Gasteiger partial charge >= 0.3 is 0 Å². The van der Waals surface area contributed by atoms with Crippen molar-refractivity contribution in [3.8, 4) is 0 Å². The second kappa shape index (κ2) is 5.90. The summed E-state index contributed by atoms with van der Waals surface area (Å²) in [5, 5.41) is 13.1. The number of hydrogen-bond donors (Lipinski definition) is 2. The molecule has 1 aromatic rings. The number of aryl methyl sites for hydroxylation is 1. The second-order valence-electron chi connectivity index (χ2n) is 4.65. The SMILES string of the molecule is CCCc1ccc(NCC(C)(O)CC)cc1. The summed E-state index contributed by atoms with van der Waals surface area (Å²) in [6.07, 6.45) is 3.07. The number of rotatable bonds is 6. The van der Waals surface area contributed by atoms with Crippen LogP contribution in [0.4, 0.5) is 5.69 Å². The zero-order chi connectivity index (χ0) is 12.0. The molecule has 2 heteroatoms. The van der Waals surface area contributed by atoms with Crippen LogP contribution in [0.15, 0.2) is 24.3 Å². The lowest BCUT2D eigenvalue weighted by atomic mass is 10.0. The lowest BCUT2D eigenvalue weighted by Crippen LogP contribution is -2.32. The minimum absolute atomic E-state index is 0.594. The molecule has 2 nitrogen and oxygen atoms in total. The number of aliphatic hydroxyl groups is 1. The first kappa shape index (κ1) is 13.0. The Morgan fingerprint density at radius 2 is 1.81 bits per heavy atom. The Bertz CT molecular complexity index is 303. The van der Waals surface area contributed by atoms with Gasteiger partial charge in [-0.05, 0) is 37.5 Å². The fourth-order valence-electron chi connectivity index (χ4n) is 1.50. The zero-order valence-electron chi connectivity index (χ0n) is 10.6. The molecule has 0 aliphatic rings. The molecule has 0 aliphatic heterocycles. The van der Waals surface area contributed by atoms with Crippen molar-refractivity contribution in [1.82, 2.24) is 0 Å². The Balaban J connectivity index is 2.49. The van der Waals surface area contributed by atoms with Crippen LogP contribution in [-0.2, 0) is 6.42 Å². The first-order chi connectivity index (χ1) is 7.57. The first-order valence-corrected chi connectivity index (χ1v) is 6.12. The number of hydrogen-bond acceptors (Lipinski definition) is 2. The van der Waals surface area contributed by atoms with Gasteiger partial charge in [-0.1, -0.05) is 32.4 Å². The summed E-state index contributed by atoms with van der Waals surface area (Å²) >= 11 is 0. The molecule has 1 aromatic carbocycles. The van der Waals surface area contributed by atoms with Gasteiger partial charge in [-0.2, -0.15) is 0 Å². The quantitative estimate of drug-likeness (QED) is 0.773. The van der Waals surface area contributed by atoms with Crippen LogP contribution < -0.4 is 5.32 Å². The van der Waals surface area contributed by atoms with E-state index in [2.05, 4.69) is 36.5 Å². The molecule has 0 aliphatic carbocycles. The van der Waals surface area contributed by atoms with Gasteiger partial charge in [-0.25, -0.2) is 0 Å². The monoisotopic (exact) mass is 221 g/mol. The van der Waals surface area contributed by atoms with Gasteiger partial charge in [0.2, 0.25) is 0 Å². The Hall–Kier alpha value is -1.02. The van der Waals surface area contributed by atoms with Gasteiger partial charge in [0.1, 0.15) is 0 Å². The third-order valence-electron chi connectivity index (χ3n) is 2.93. The molecule has 0 amide bonds. The highest BCUT2D eigenvalue weighted by Gasteiger charge is 2.16. The summed E-state index contributed by atoms with van der Waals surface area (Å²) in [5.41, 5.74) is 1.83. The van der Waals surface area contributed by atoms with E-state index < -0.39 is 5.60 Å². The van der Waals surface area contributed by atoms with Gasteiger partial charge in [0.25, 0.3) is 0 Å². The summed E-state index contributed by atoms with van der Waals surface area (Å²) in [6.45, 7) is 6.62. The van der Waals surface area contributed by atoms with Crippen LogP contribution in [0.3, 0.4) is 0 Å². The van der Waals surface area contributed by atoms with Crippen molar-refractivity contribution in [2.45, 2.75) is 45.6 Å². The normalized spacial score (nSPS) is 14.5. The fourth-order valence-corrected chi connectivity index (χ4v) is 1.50. The molecule has 0 heterocycles. The van der Waals surface area contributed by atoms with E-state index >= 15 is 0 Å². The predicted octanol–water partition coefficient (Wildman–Crippen LogP) is 3.21. The highest BCUT2D eigenvalue weighted by atomic mass is 16.3. The van der Waals surface area contributed by atoms with Crippen molar-refractivity contribution >= 4 is 5.69 Å². The summed E-state index contributed by atoms with van der Waals surface area (Å²) in [4.78, 5) is 0. The maximum absolute atomic E-state index is 9.86. The van der Waals surface area contributed by atoms with Crippen molar-refractivity contribution in [2.75, 3.05) is 11.9 Å². The van der Waals surface area contributed by atoms with E-state index in [9.17, 15) is 5.11 Å². The first-order valence-electron chi connectivity index (χ1n) is 6.12. The van der Waals surface area contributed by atoms with E-state index in [1.54, 1.807) is 0 Å². The van der Waals surface area contributed by atoms with Gasteiger partial charge < -0.3 is 10.4 Å². The van der Waals surface area contributed by atoms with Gasteiger partial charge in [-0.3, -0.25) is 0 Å². The van der Waals surface area contributed by atoms with Crippen molar-refractivity contribution in [1.29, 1.82) is 0 Å². The molecule has 1 unspecified atom stereocenters. The van der Waals surface area contributed by atoms with Gasteiger partial charge in [-0.15, -0.1) is 0 Å². The largest absolute Gasteiger partial charge is 0.388 e. The predicted molar refractivity (Wildman–Crippen MR) is 69.8 cm³/mol. The molecule has 0 bridgehead atoms. The summed E-state index contributed by atoms with van der Waals surface area (Å²) < 4.78 is 0. The van der Waals surface area contributed by atoms with Gasteiger partial charge in [0, 0.05) is 12.2 Å². The van der Waals surface area contributed by atoms with Crippen LogP contribution >= 0.6 is 0 Å². The summed E-state index contributed by atoms with van der Waals surface area (Å²) in [5.74, 6) is 0. The molecule has 1 rings (SSSR count). The lowest BCUT2D eigenvalue weighted by molar-refractivity contribution is 0.0697. The van der Waals surface area contributed by atoms with E-state index in [1.165, 1.54) is 12.0 Å². The molecular weight excluding hydrogens is 198 g/mol. The highest BCUT2D eigenvalue weighted by Crippen LogP contribution is 2.14. The van der Waals surface area contributed by atoms with Crippen LogP contribution in [0.1, 0.15) is 39.2 Å². The third-order valence-corrected chi connectivity index (χ3v) is 2.93. The van der Waals surface area contributed by atoms with E-state index in [0.29, 0.717) is 6.54 Å². The molecule has 16 heavy (non-hydrogen) atoms. The molecular formula is C14H23NO. The number of benzene rings is 1. The van der Waals surface area contributed by atoms with Crippen LogP contribution in [0.25, 0.3) is 0 Å². The van der Waals surface area contributed by atoms with Gasteiger partial charge in [0.15, 0.2) is 0 Å². The summed E-state index contributed by atoms with van der Waals surface area (Å²) in [7, 11) is 0. The van der Waals surface area contributed by atoms with Gasteiger partial charge in [0.05, 0.1) is 5.60 Å². The Morgan fingerprint density at radius 1 is 1.19 bits per heavy atom. The van der Waals surface area contributed by atoms with Crippen molar-refractivity contribution in [3.05, 3.63) is 29.8 Å². The van der Waals surface area contributed by atoms with Crippen LogP contribution in [-0.4, -0.2) is 17.3 Å². The molecule has 0 saturated heterocycles. The standard InChI is InChI=1S/C14H23NO/c1-4-6-12-7-9-13(10-8-12)15-11-14(3,16)5-2/h7-10,15-16H,4-6,11H2,1-3H3. The lowest BCUT2D eigenvalue weighted by Gasteiger charge is -2.22. The van der Waals surface area contributed by atoms with E-state index in [1.807, 2.05) is 13.8 Å². The van der Waals surface area contributed by atoms with Crippen LogP contribution in [0.2, 0.25) is 0 Å². The Labute approximate surface area is 98.7 Å². The van der Waals surface area contributed by atoms with Crippen molar-refractivity contribution in [2.24, 2.45) is 0 Å². The molecule has 1 atom stereocenters. The molecule has 0 radical (unpaired) electrons. The minimum Gasteiger partial charge on any atom is -0.388 e. The number of anilines is 1. The molecule has 90 valence electrons. The smallest absolute Gasteiger partial charge is 0.0788 e. The maximum atomic E-state index is 9.86. The van der Waals surface area contributed by atoms with Crippen molar-refractivity contribution in [3.63, 3.8) is 0 Å². The molecule has 0 fully saturated rings. The maximum Gasteiger partial charge on any atom is 0.0788 e. The third kappa shape index (κ3) is 4.23. The topological polar surface area (TPSA) is 32.3 Å². The average molecular weight is 221 g/mol. The fraction of sp³-hybridized carbons (Fsp3) is 0.571. The number of nitrogens with one attached hydrogen (secondary N) is 1. The van der Waals surface area contributed by atoms with E-state index in [4.69, 9.17) is 0 Å². The van der Waals surface area contributed by atoms with Crippen molar-refractivity contribution < 1.29 is 5.11 Å². The van der Waals surface area contributed by atoms with Crippen LogP contribution in [0.5, 0.6) is 0 Å². The molecule has 0 spiro atoms. The second-order valence-corrected chi connectivity index (χ2v) is 4.65. The highest BCUT2D eigenvalue weighted by molar-refractivity contribution is 5.44. The minimum atomic E-state index is -0.623. The Kier molecular flexibility index (Phi) is 4.81. The van der Waals surface area contributed by atoms with E-state index in [-0.39, 0.29) is 0 Å². The van der Waals surface area contributed by atoms with E-state index in [0.717, 1.165) is 18.5 Å². The summed E-state index contributed by atoms with van der Waals surface area (Å²) in [6, 6.07) is 8.45.